The third-order valence-corrected chi connectivity index (χ3v) is 7.00. The lowest BCUT2D eigenvalue weighted by molar-refractivity contribution is 0.413. The van der Waals surface area contributed by atoms with Crippen LogP contribution in [-0.2, 0) is 10.8 Å². The van der Waals surface area contributed by atoms with Gasteiger partial charge in [-0.1, -0.05) is 31.5 Å². The van der Waals surface area contributed by atoms with E-state index in [1.165, 1.54) is 5.69 Å². The van der Waals surface area contributed by atoms with E-state index >= 15 is 0 Å². The number of nitrogens with one attached hydrogen (secondary N) is 2. The molecule has 2 rings (SSSR count). The van der Waals surface area contributed by atoms with Gasteiger partial charge in [0.25, 0.3) is 0 Å². The molecule has 0 aromatic heterocycles. The van der Waals surface area contributed by atoms with Gasteiger partial charge in [-0.15, -0.1) is 0 Å². The third kappa shape index (κ3) is 7.53. The van der Waals surface area contributed by atoms with E-state index in [0.717, 1.165) is 63.3 Å². The first-order chi connectivity index (χ1) is 13.1. The van der Waals surface area contributed by atoms with Gasteiger partial charge in [-0.05, 0) is 44.2 Å². The monoisotopic (exact) mass is 392 g/mol. The van der Waals surface area contributed by atoms with Crippen molar-refractivity contribution in [1.82, 2.24) is 10.6 Å². The average Bonchev–Trinajstić information content (AvgIpc) is 2.72. The molecule has 0 amide bonds. The second-order valence-corrected chi connectivity index (χ2v) is 9.27. The molecule has 152 valence electrons. The highest BCUT2D eigenvalue weighted by Gasteiger charge is 2.25. The van der Waals surface area contributed by atoms with Crippen molar-refractivity contribution in [2.75, 3.05) is 37.8 Å². The third-order valence-electron chi connectivity index (χ3n) is 5.26. The molecule has 0 aliphatic heterocycles. The van der Waals surface area contributed by atoms with Gasteiger partial charge in [-0.3, -0.25) is 9.20 Å². The second-order valence-electron chi connectivity index (χ2n) is 7.26. The highest BCUT2D eigenvalue weighted by molar-refractivity contribution is 7.85. The molecule has 1 fully saturated rings. The summed E-state index contributed by atoms with van der Waals surface area (Å²) in [4.78, 5) is 6.66. The van der Waals surface area contributed by atoms with Gasteiger partial charge >= 0.3 is 0 Å². The van der Waals surface area contributed by atoms with E-state index in [1.54, 1.807) is 0 Å². The van der Waals surface area contributed by atoms with Crippen molar-refractivity contribution in [2.24, 2.45) is 4.99 Å². The lowest BCUT2D eigenvalue weighted by atomic mass is 9.95. The molecule has 0 radical (unpaired) electrons. The molecule has 0 spiro atoms. The van der Waals surface area contributed by atoms with Gasteiger partial charge in [-0.2, -0.15) is 0 Å². The van der Waals surface area contributed by atoms with Gasteiger partial charge < -0.3 is 15.5 Å². The summed E-state index contributed by atoms with van der Waals surface area (Å²) in [7, 11) is 3.28. The first kappa shape index (κ1) is 21.7. The maximum absolute atomic E-state index is 12.1. The minimum absolute atomic E-state index is 0.341. The van der Waals surface area contributed by atoms with E-state index in [9.17, 15) is 4.21 Å². The standard InChI is InChI=1S/C21H36N4OS/c1-4-27(26)20-14-10-11-18(17-20)24-21(22-2)23-15-8-9-16-25(3)19-12-6-5-7-13-19/h5-7,12-13,18,20H,4,8-11,14-17H2,1-3H3,(H2,22,23,24). The fourth-order valence-corrected chi connectivity index (χ4v) is 4.98. The lowest BCUT2D eigenvalue weighted by Gasteiger charge is -2.30. The Morgan fingerprint density at radius 1 is 1.26 bits per heavy atom. The number of para-hydroxylation sites is 1. The van der Waals surface area contributed by atoms with E-state index in [2.05, 4.69) is 51.8 Å². The molecule has 1 saturated carbocycles. The Balaban J connectivity index is 1.65. The molecule has 1 aromatic carbocycles. The van der Waals surface area contributed by atoms with E-state index in [1.807, 2.05) is 20.0 Å². The Hall–Kier alpha value is -1.56. The zero-order valence-corrected chi connectivity index (χ0v) is 17.9. The Morgan fingerprint density at radius 3 is 2.74 bits per heavy atom. The fourth-order valence-electron chi connectivity index (χ4n) is 3.63. The molecule has 3 atom stereocenters. The van der Waals surface area contributed by atoms with Gasteiger partial charge in [0.2, 0.25) is 0 Å². The average molecular weight is 393 g/mol. The molecule has 1 aliphatic rings. The van der Waals surface area contributed by atoms with E-state index in [-0.39, 0.29) is 0 Å². The van der Waals surface area contributed by atoms with Crippen LogP contribution in [0.15, 0.2) is 35.3 Å². The van der Waals surface area contributed by atoms with Crippen LogP contribution in [0.3, 0.4) is 0 Å². The summed E-state index contributed by atoms with van der Waals surface area (Å²) in [5.74, 6) is 1.64. The van der Waals surface area contributed by atoms with Crippen molar-refractivity contribution in [3.8, 4) is 0 Å². The molecule has 0 bridgehead atoms. The molecule has 1 aliphatic carbocycles. The van der Waals surface area contributed by atoms with Crippen molar-refractivity contribution in [3.63, 3.8) is 0 Å². The molecule has 0 heterocycles. The quantitative estimate of drug-likeness (QED) is 0.385. The predicted molar refractivity (Wildman–Crippen MR) is 118 cm³/mol. The summed E-state index contributed by atoms with van der Waals surface area (Å²) in [6.45, 7) is 3.98. The van der Waals surface area contributed by atoms with Crippen LogP contribution in [0.2, 0.25) is 0 Å². The molecule has 5 nitrogen and oxygen atoms in total. The summed E-state index contributed by atoms with van der Waals surface area (Å²) in [6, 6.07) is 10.9. The van der Waals surface area contributed by atoms with Crippen molar-refractivity contribution in [3.05, 3.63) is 30.3 Å². The minimum atomic E-state index is -0.684. The fraction of sp³-hybridized carbons (Fsp3) is 0.667. The highest BCUT2D eigenvalue weighted by atomic mass is 32.2. The number of aliphatic imine (C=N–C) groups is 1. The molecule has 3 unspecified atom stereocenters. The normalized spacial score (nSPS) is 21.5. The van der Waals surface area contributed by atoms with Crippen LogP contribution >= 0.6 is 0 Å². The van der Waals surface area contributed by atoms with E-state index in [0.29, 0.717) is 11.3 Å². The summed E-state index contributed by atoms with van der Waals surface area (Å²) in [6.07, 6.45) is 6.61. The summed E-state index contributed by atoms with van der Waals surface area (Å²) < 4.78 is 12.1. The number of hydrogen-bond donors (Lipinski definition) is 2. The molecule has 6 heteroatoms. The molecule has 1 aromatic rings. The maximum Gasteiger partial charge on any atom is 0.191 e. The van der Waals surface area contributed by atoms with Gasteiger partial charge in [-0.25, -0.2) is 0 Å². The number of guanidine groups is 1. The van der Waals surface area contributed by atoms with Gasteiger partial charge in [0.05, 0.1) is 0 Å². The van der Waals surface area contributed by atoms with Gasteiger partial charge in [0.15, 0.2) is 5.96 Å². The number of anilines is 1. The Bertz CT molecular complexity index is 593. The zero-order chi connectivity index (χ0) is 19.5. The number of rotatable bonds is 9. The molecular weight excluding hydrogens is 356 g/mol. The topological polar surface area (TPSA) is 56.7 Å². The zero-order valence-electron chi connectivity index (χ0n) is 17.1. The van der Waals surface area contributed by atoms with Crippen LogP contribution < -0.4 is 15.5 Å². The highest BCUT2D eigenvalue weighted by Crippen LogP contribution is 2.23. The SMILES string of the molecule is CCS(=O)C1CCCC(NC(=NC)NCCCCN(C)c2ccccc2)C1. The van der Waals surface area contributed by atoms with E-state index < -0.39 is 10.8 Å². The van der Waals surface area contributed by atoms with E-state index in [4.69, 9.17) is 0 Å². The van der Waals surface area contributed by atoms with Crippen LogP contribution in [0.25, 0.3) is 0 Å². The van der Waals surface area contributed by atoms with Crippen molar-refractivity contribution in [2.45, 2.75) is 56.7 Å². The van der Waals surface area contributed by atoms with Crippen LogP contribution in [0, 0.1) is 0 Å². The number of benzene rings is 1. The molecule has 2 N–H and O–H groups in total. The summed E-state index contributed by atoms with van der Waals surface area (Å²) in [5.41, 5.74) is 1.26. The molecular formula is C21H36N4OS. The largest absolute Gasteiger partial charge is 0.375 e. The first-order valence-electron chi connectivity index (χ1n) is 10.2. The molecule has 0 saturated heterocycles. The van der Waals surface area contributed by atoms with Crippen molar-refractivity contribution >= 4 is 22.4 Å². The van der Waals surface area contributed by atoms with Gasteiger partial charge in [0.1, 0.15) is 0 Å². The van der Waals surface area contributed by atoms with Crippen LogP contribution in [0.1, 0.15) is 45.4 Å². The summed E-state index contributed by atoms with van der Waals surface area (Å²) in [5, 5.41) is 7.31. The van der Waals surface area contributed by atoms with Crippen molar-refractivity contribution in [1.29, 1.82) is 0 Å². The lowest BCUT2D eigenvalue weighted by Crippen LogP contribution is -2.46. The van der Waals surface area contributed by atoms with Crippen LogP contribution in [0.4, 0.5) is 5.69 Å². The number of hydrogen-bond acceptors (Lipinski definition) is 3. The number of unbranched alkanes of at least 4 members (excludes halogenated alkanes) is 1. The Morgan fingerprint density at radius 2 is 2.04 bits per heavy atom. The smallest absolute Gasteiger partial charge is 0.191 e. The first-order valence-corrected chi connectivity index (χ1v) is 11.6. The van der Waals surface area contributed by atoms with Crippen LogP contribution in [-0.4, -0.2) is 54.4 Å². The second kappa shape index (κ2) is 12.0. The number of nitrogens with zero attached hydrogens (tertiary/aromatic N) is 2. The molecule has 27 heavy (non-hydrogen) atoms. The Kier molecular flexibility index (Phi) is 9.67. The predicted octanol–water partition coefficient (Wildman–Crippen LogP) is 3.15. The minimum Gasteiger partial charge on any atom is -0.375 e. The van der Waals surface area contributed by atoms with Gasteiger partial charge in [0, 0.05) is 60.7 Å². The summed E-state index contributed by atoms with van der Waals surface area (Å²) >= 11 is 0. The maximum atomic E-state index is 12.1. The van der Waals surface area contributed by atoms with Crippen LogP contribution in [0.5, 0.6) is 0 Å². The van der Waals surface area contributed by atoms with Crippen molar-refractivity contribution < 1.29 is 4.21 Å². The Labute approximate surface area is 167 Å².